The Morgan fingerprint density at radius 3 is 2.52 bits per heavy atom. The zero-order valence-electron chi connectivity index (χ0n) is 16.2. The summed E-state index contributed by atoms with van der Waals surface area (Å²) in [4.78, 5) is 16.4. The van der Waals surface area contributed by atoms with E-state index in [1.165, 1.54) is 5.56 Å². The van der Waals surface area contributed by atoms with Crippen LogP contribution in [0.3, 0.4) is 0 Å². The van der Waals surface area contributed by atoms with Gasteiger partial charge in [-0.3, -0.25) is 9.79 Å². The van der Waals surface area contributed by atoms with Gasteiger partial charge in [-0.2, -0.15) is 0 Å². The van der Waals surface area contributed by atoms with Gasteiger partial charge in [0.25, 0.3) is 0 Å². The van der Waals surface area contributed by atoms with Crippen molar-refractivity contribution in [3.8, 4) is 0 Å². The number of nitrogens with zero attached hydrogens (tertiary/aromatic N) is 2. The number of benzene rings is 1. The van der Waals surface area contributed by atoms with Gasteiger partial charge >= 0.3 is 0 Å². The zero-order valence-corrected chi connectivity index (χ0v) is 18.6. The molecular formula is C21H31IN4O. The molecule has 148 valence electrons. The van der Waals surface area contributed by atoms with E-state index in [4.69, 9.17) is 4.99 Å². The molecule has 1 aromatic heterocycles. The van der Waals surface area contributed by atoms with Gasteiger partial charge in [0, 0.05) is 44.4 Å². The van der Waals surface area contributed by atoms with E-state index in [1.807, 2.05) is 18.3 Å². The van der Waals surface area contributed by atoms with Crippen LogP contribution in [0, 0.1) is 0 Å². The number of aliphatic imine (C=N–C) groups is 1. The molecule has 0 saturated heterocycles. The lowest BCUT2D eigenvalue weighted by Gasteiger charge is -2.14. The van der Waals surface area contributed by atoms with E-state index in [0.29, 0.717) is 5.92 Å². The van der Waals surface area contributed by atoms with Crippen molar-refractivity contribution < 1.29 is 0 Å². The third-order valence-electron chi connectivity index (χ3n) is 4.25. The van der Waals surface area contributed by atoms with E-state index >= 15 is 0 Å². The molecule has 0 saturated carbocycles. The van der Waals surface area contributed by atoms with Crippen molar-refractivity contribution in [2.45, 2.75) is 39.2 Å². The SMILES string of the molecule is CCNC(=NCC(C)c1ccccc1)NCCCCn1ccccc1=O.I. The molecule has 0 spiro atoms. The molecule has 0 fully saturated rings. The van der Waals surface area contributed by atoms with Crippen LogP contribution in [-0.2, 0) is 6.54 Å². The topological polar surface area (TPSA) is 58.4 Å². The Hall–Kier alpha value is -1.83. The Morgan fingerprint density at radius 1 is 1.07 bits per heavy atom. The van der Waals surface area contributed by atoms with E-state index in [-0.39, 0.29) is 29.5 Å². The molecule has 1 unspecified atom stereocenters. The highest BCUT2D eigenvalue weighted by Gasteiger charge is 2.05. The van der Waals surface area contributed by atoms with Crippen LogP contribution in [-0.4, -0.2) is 30.2 Å². The predicted molar refractivity (Wildman–Crippen MR) is 124 cm³/mol. The lowest BCUT2D eigenvalue weighted by molar-refractivity contribution is 0.585. The lowest BCUT2D eigenvalue weighted by atomic mass is 10.0. The summed E-state index contributed by atoms with van der Waals surface area (Å²) in [7, 11) is 0. The van der Waals surface area contributed by atoms with E-state index in [2.05, 4.69) is 48.7 Å². The standard InChI is InChI=1S/C21H30N4O.HI/c1-3-22-21(24-17-18(2)19-11-5-4-6-12-19)23-14-8-10-16-25-15-9-7-13-20(25)26;/h4-7,9,11-13,15,18H,3,8,10,14,16-17H2,1-2H3,(H2,22,23,24);1H. The monoisotopic (exact) mass is 482 g/mol. The summed E-state index contributed by atoms with van der Waals surface area (Å²) in [6.07, 6.45) is 3.78. The van der Waals surface area contributed by atoms with E-state index in [9.17, 15) is 4.79 Å². The number of hydrogen-bond donors (Lipinski definition) is 2. The van der Waals surface area contributed by atoms with E-state index < -0.39 is 0 Å². The van der Waals surface area contributed by atoms with Gasteiger partial charge < -0.3 is 15.2 Å². The van der Waals surface area contributed by atoms with Gasteiger partial charge in [0.2, 0.25) is 5.56 Å². The minimum absolute atomic E-state index is 0. The van der Waals surface area contributed by atoms with Gasteiger partial charge in [-0.05, 0) is 31.4 Å². The van der Waals surface area contributed by atoms with Crippen molar-refractivity contribution in [3.05, 3.63) is 70.6 Å². The molecule has 6 heteroatoms. The Morgan fingerprint density at radius 2 is 1.81 bits per heavy atom. The van der Waals surface area contributed by atoms with Crippen LogP contribution in [0.4, 0.5) is 0 Å². The van der Waals surface area contributed by atoms with Gasteiger partial charge in [0.1, 0.15) is 0 Å². The van der Waals surface area contributed by atoms with Crippen molar-refractivity contribution in [1.82, 2.24) is 15.2 Å². The van der Waals surface area contributed by atoms with Crippen molar-refractivity contribution in [2.75, 3.05) is 19.6 Å². The molecule has 0 aliphatic heterocycles. The second-order valence-electron chi connectivity index (χ2n) is 6.40. The second kappa shape index (κ2) is 13.4. The first kappa shape index (κ1) is 23.2. The number of aromatic nitrogens is 1. The first-order chi connectivity index (χ1) is 12.7. The summed E-state index contributed by atoms with van der Waals surface area (Å²) >= 11 is 0. The molecule has 2 rings (SSSR count). The number of guanidine groups is 1. The van der Waals surface area contributed by atoms with E-state index in [1.54, 1.807) is 16.7 Å². The number of aryl methyl sites for hydroxylation is 1. The summed E-state index contributed by atoms with van der Waals surface area (Å²) in [6, 6.07) is 15.7. The summed E-state index contributed by atoms with van der Waals surface area (Å²) in [6.45, 7) is 7.44. The fraction of sp³-hybridized carbons (Fsp3) is 0.429. The van der Waals surface area contributed by atoms with Gasteiger partial charge in [0.05, 0.1) is 0 Å². The number of rotatable bonds is 9. The summed E-state index contributed by atoms with van der Waals surface area (Å²) in [5, 5.41) is 6.67. The average molecular weight is 482 g/mol. The third-order valence-corrected chi connectivity index (χ3v) is 4.25. The average Bonchev–Trinajstić information content (AvgIpc) is 2.67. The molecule has 27 heavy (non-hydrogen) atoms. The normalized spacial score (nSPS) is 12.1. The fourth-order valence-corrected chi connectivity index (χ4v) is 2.72. The number of nitrogens with one attached hydrogen (secondary N) is 2. The highest BCUT2D eigenvalue weighted by Crippen LogP contribution is 2.14. The van der Waals surface area contributed by atoms with Crippen molar-refractivity contribution in [2.24, 2.45) is 4.99 Å². The van der Waals surface area contributed by atoms with Gasteiger partial charge in [-0.15, -0.1) is 24.0 Å². The Labute approximate surface area is 179 Å². The molecule has 1 heterocycles. The molecule has 2 N–H and O–H groups in total. The Bertz CT molecular complexity index is 730. The highest BCUT2D eigenvalue weighted by atomic mass is 127. The van der Waals surface area contributed by atoms with Gasteiger partial charge in [-0.25, -0.2) is 0 Å². The van der Waals surface area contributed by atoms with Crippen LogP contribution in [0.1, 0.15) is 38.2 Å². The Kier molecular flexibility index (Phi) is 11.5. The fourth-order valence-electron chi connectivity index (χ4n) is 2.72. The lowest BCUT2D eigenvalue weighted by Crippen LogP contribution is -2.38. The van der Waals surface area contributed by atoms with Gasteiger partial charge in [-0.1, -0.05) is 43.3 Å². The highest BCUT2D eigenvalue weighted by molar-refractivity contribution is 14.0. The van der Waals surface area contributed by atoms with Crippen LogP contribution in [0.5, 0.6) is 0 Å². The third kappa shape index (κ3) is 8.60. The zero-order chi connectivity index (χ0) is 18.6. The second-order valence-corrected chi connectivity index (χ2v) is 6.40. The minimum Gasteiger partial charge on any atom is -0.357 e. The first-order valence-corrected chi connectivity index (χ1v) is 9.43. The summed E-state index contributed by atoms with van der Waals surface area (Å²) < 4.78 is 1.75. The molecular weight excluding hydrogens is 451 g/mol. The molecule has 2 aromatic rings. The smallest absolute Gasteiger partial charge is 0.250 e. The Balaban J connectivity index is 0.00000364. The van der Waals surface area contributed by atoms with Crippen LogP contribution in [0.2, 0.25) is 0 Å². The molecule has 0 amide bonds. The quantitative estimate of drug-likeness (QED) is 0.249. The number of halogens is 1. The molecule has 1 aromatic carbocycles. The van der Waals surface area contributed by atoms with Crippen LogP contribution in [0.25, 0.3) is 0 Å². The van der Waals surface area contributed by atoms with E-state index in [0.717, 1.165) is 45.0 Å². The molecule has 0 radical (unpaired) electrons. The predicted octanol–water partition coefficient (Wildman–Crippen LogP) is 3.61. The number of unbranched alkanes of at least 4 members (excludes halogenated alkanes) is 1. The van der Waals surface area contributed by atoms with Gasteiger partial charge in [0.15, 0.2) is 5.96 Å². The number of pyridine rings is 1. The maximum atomic E-state index is 11.7. The molecule has 1 atom stereocenters. The summed E-state index contributed by atoms with van der Waals surface area (Å²) in [5.74, 6) is 1.24. The van der Waals surface area contributed by atoms with Crippen molar-refractivity contribution in [1.29, 1.82) is 0 Å². The van der Waals surface area contributed by atoms with Crippen LogP contribution < -0.4 is 16.2 Å². The number of hydrogen-bond acceptors (Lipinski definition) is 2. The first-order valence-electron chi connectivity index (χ1n) is 9.43. The minimum atomic E-state index is 0. The molecule has 0 bridgehead atoms. The summed E-state index contributed by atoms with van der Waals surface area (Å²) in [5.41, 5.74) is 1.37. The maximum absolute atomic E-state index is 11.7. The maximum Gasteiger partial charge on any atom is 0.250 e. The molecule has 0 aliphatic rings. The van der Waals surface area contributed by atoms with Crippen molar-refractivity contribution in [3.63, 3.8) is 0 Å². The molecule has 0 aliphatic carbocycles. The van der Waals surface area contributed by atoms with Crippen molar-refractivity contribution >= 4 is 29.9 Å². The molecule has 5 nitrogen and oxygen atoms in total. The van der Waals surface area contributed by atoms with Crippen LogP contribution in [0.15, 0.2) is 64.5 Å². The van der Waals surface area contributed by atoms with Crippen LogP contribution >= 0.6 is 24.0 Å². The largest absolute Gasteiger partial charge is 0.357 e.